The zero-order valence-electron chi connectivity index (χ0n) is 20.2. The number of phosphoric ester groups is 1. The van der Waals surface area contributed by atoms with E-state index in [0.717, 1.165) is 0 Å². The second kappa shape index (κ2) is 10.9. The number of aliphatic hydroxyl groups is 2. The summed E-state index contributed by atoms with van der Waals surface area (Å²) in [5, 5.41) is 24.4. The Labute approximate surface area is 211 Å². The fraction of sp³-hybridized carbons (Fsp3) is 0.800. The molecule has 9 atom stereocenters. The van der Waals surface area contributed by atoms with Crippen molar-refractivity contribution in [1.82, 2.24) is 20.4 Å². The molecule has 4 heterocycles. The van der Waals surface area contributed by atoms with Crippen LogP contribution in [0.3, 0.4) is 0 Å². The summed E-state index contributed by atoms with van der Waals surface area (Å²) in [6.45, 7) is 2.28. The molecule has 17 heteroatoms. The van der Waals surface area contributed by atoms with Crippen molar-refractivity contribution in [2.75, 3.05) is 26.3 Å². The molecule has 4 rings (SSSR count). The van der Waals surface area contributed by atoms with Crippen LogP contribution < -0.4 is 10.6 Å². The maximum atomic E-state index is 12.6. The van der Waals surface area contributed by atoms with Gasteiger partial charge in [-0.15, -0.1) is 0 Å². The summed E-state index contributed by atoms with van der Waals surface area (Å²) in [5.41, 5.74) is 0. The normalized spacial score (nSPS) is 38.5. The van der Waals surface area contributed by atoms with Crippen LogP contribution in [0.25, 0.3) is 0 Å². The van der Waals surface area contributed by atoms with Gasteiger partial charge in [0.1, 0.15) is 30.8 Å². The second-order valence-corrected chi connectivity index (χ2v) is 11.0. The quantitative estimate of drug-likeness (QED) is 0.217. The lowest BCUT2D eigenvalue weighted by atomic mass is 10.1. The molecule has 0 bridgehead atoms. The molecular weight excluding hydrogens is 519 g/mol. The summed E-state index contributed by atoms with van der Waals surface area (Å²) >= 11 is 0. The number of amides is 6. The van der Waals surface area contributed by atoms with Crippen LogP contribution in [0, 0.1) is 11.8 Å². The number of urea groups is 2. The number of carbonyl (C=O) groups is 4. The van der Waals surface area contributed by atoms with Crippen molar-refractivity contribution in [2.24, 2.45) is 11.8 Å². The Hall–Kier alpha value is -2.17. The van der Waals surface area contributed by atoms with Gasteiger partial charge >= 0.3 is 19.9 Å². The molecule has 0 radical (unpaired) electrons. The van der Waals surface area contributed by atoms with Gasteiger partial charge < -0.3 is 24.6 Å². The van der Waals surface area contributed by atoms with Gasteiger partial charge in [-0.2, -0.15) is 0 Å². The molecule has 16 nitrogen and oxygen atoms in total. The molecule has 208 valence electrons. The van der Waals surface area contributed by atoms with Gasteiger partial charge in [0.2, 0.25) is 11.8 Å². The Bertz CT molecular complexity index is 983. The molecule has 0 aliphatic carbocycles. The Kier molecular flexibility index (Phi) is 8.21. The molecule has 0 saturated carbocycles. The first-order valence-corrected chi connectivity index (χ1v) is 13.4. The van der Waals surface area contributed by atoms with Gasteiger partial charge in [0.05, 0.1) is 31.2 Å². The van der Waals surface area contributed by atoms with Gasteiger partial charge in [0.15, 0.2) is 0 Å². The largest absolute Gasteiger partial charge is 0.472 e. The number of aliphatic hydroxyl groups excluding tert-OH is 2. The molecule has 0 spiro atoms. The van der Waals surface area contributed by atoms with Crippen LogP contribution in [0.2, 0.25) is 0 Å². The molecule has 4 fully saturated rings. The van der Waals surface area contributed by atoms with E-state index in [1.807, 2.05) is 0 Å². The average Bonchev–Trinajstić information content (AvgIpc) is 3.39. The zero-order chi connectivity index (χ0) is 27.1. The molecule has 3 unspecified atom stereocenters. The summed E-state index contributed by atoms with van der Waals surface area (Å²) in [5.74, 6) is -1.82. The van der Waals surface area contributed by atoms with E-state index in [2.05, 4.69) is 10.6 Å². The van der Waals surface area contributed by atoms with Crippen LogP contribution in [0.15, 0.2) is 0 Å². The molecule has 0 aromatic rings. The molecule has 4 aliphatic rings. The van der Waals surface area contributed by atoms with Crippen molar-refractivity contribution in [3.8, 4) is 0 Å². The summed E-state index contributed by atoms with van der Waals surface area (Å²) in [6.07, 6.45) is -6.21. The maximum Gasteiger partial charge on any atom is 0.472 e. The van der Waals surface area contributed by atoms with Crippen molar-refractivity contribution in [3.63, 3.8) is 0 Å². The third-order valence-corrected chi connectivity index (χ3v) is 7.76. The summed E-state index contributed by atoms with van der Waals surface area (Å²) in [7, 11) is -4.75. The van der Waals surface area contributed by atoms with E-state index < -0.39 is 93.6 Å². The Balaban J connectivity index is 1.31. The molecule has 0 aromatic carbocycles. The number of carbonyl (C=O) groups excluding carboxylic acids is 4. The Morgan fingerprint density at radius 3 is 2.00 bits per heavy atom. The lowest BCUT2D eigenvalue weighted by molar-refractivity contribution is -0.129. The first-order valence-electron chi connectivity index (χ1n) is 11.9. The summed E-state index contributed by atoms with van der Waals surface area (Å²) < 4.78 is 34.2. The number of ether oxygens (including phenoxy) is 2. The minimum atomic E-state index is -4.75. The smallest absolute Gasteiger partial charge is 0.394 e. The fourth-order valence-electron chi connectivity index (χ4n) is 4.61. The van der Waals surface area contributed by atoms with E-state index in [-0.39, 0.29) is 25.9 Å². The van der Waals surface area contributed by atoms with E-state index in [1.165, 1.54) is 9.80 Å². The molecule has 4 saturated heterocycles. The predicted octanol–water partition coefficient (Wildman–Crippen LogP) is -1.55. The highest BCUT2D eigenvalue weighted by atomic mass is 31.2. The van der Waals surface area contributed by atoms with E-state index in [0.29, 0.717) is 0 Å². The van der Waals surface area contributed by atoms with Gasteiger partial charge in [0.25, 0.3) is 0 Å². The lowest BCUT2D eigenvalue weighted by Crippen LogP contribution is -2.57. The van der Waals surface area contributed by atoms with Crippen LogP contribution in [-0.2, 0) is 32.7 Å². The SMILES string of the molecule is CC1CN([C@H]2C[C@H](OP(=O)(O)OC[C@H]3O[C@@H](N4CC(C)C(=O)NC4=O)C[C@@H]3O)[C@@H](CO)O2)C(=O)NC1=O. The van der Waals surface area contributed by atoms with E-state index in [4.69, 9.17) is 18.5 Å². The van der Waals surface area contributed by atoms with Crippen molar-refractivity contribution in [2.45, 2.75) is 63.6 Å². The van der Waals surface area contributed by atoms with Gasteiger partial charge in [-0.3, -0.25) is 39.1 Å². The standard InChI is InChI=1S/C20H31N4O12P/c1-9-5-23(19(29)21-17(9)27)15-3-11(26)14(35-15)8-33-37(31,32)36-12-4-16(34-13(12)7-25)24-6-10(2)18(28)22-20(24)30/h9-16,25-26H,3-8H2,1-2H3,(H,31,32)(H,21,27,29)(H,22,28,30)/t9?,10?,11-,12-,13+,14+,15+,16+/m0/s1. The number of nitrogens with one attached hydrogen (secondary N) is 2. The van der Waals surface area contributed by atoms with Crippen LogP contribution in [0.5, 0.6) is 0 Å². The minimum absolute atomic E-state index is 0.00248. The molecular formula is C20H31N4O12P. The topological polar surface area (TPSA) is 213 Å². The Morgan fingerprint density at radius 2 is 1.46 bits per heavy atom. The van der Waals surface area contributed by atoms with Crippen LogP contribution >= 0.6 is 7.82 Å². The van der Waals surface area contributed by atoms with E-state index in [9.17, 15) is 38.8 Å². The third-order valence-electron chi connectivity index (χ3n) is 6.75. The van der Waals surface area contributed by atoms with Crippen LogP contribution in [0.4, 0.5) is 9.59 Å². The van der Waals surface area contributed by atoms with Gasteiger partial charge in [-0.1, -0.05) is 13.8 Å². The zero-order valence-corrected chi connectivity index (χ0v) is 21.1. The summed E-state index contributed by atoms with van der Waals surface area (Å²) in [6, 6.07) is -1.35. The monoisotopic (exact) mass is 550 g/mol. The second-order valence-electron chi connectivity index (χ2n) is 9.58. The van der Waals surface area contributed by atoms with Gasteiger partial charge in [0, 0.05) is 25.9 Å². The minimum Gasteiger partial charge on any atom is -0.394 e. The fourth-order valence-corrected chi connectivity index (χ4v) is 5.57. The van der Waals surface area contributed by atoms with Crippen molar-refractivity contribution < 1.29 is 57.4 Å². The number of hydrogen-bond acceptors (Lipinski definition) is 11. The van der Waals surface area contributed by atoms with Crippen LogP contribution in [0.1, 0.15) is 26.7 Å². The highest BCUT2D eigenvalue weighted by Crippen LogP contribution is 2.48. The molecule has 5 N–H and O–H groups in total. The summed E-state index contributed by atoms with van der Waals surface area (Å²) in [4.78, 5) is 60.4. The molecule has 0 aromatic heterocycles. The highest BCUT2D eigenvalue weighted by Gasteiger charge is 2.47. The molecule has 37 heavy (non-hydrogen) atoms. The Morgan fingerprint density at radius 1 is 0.946 bits per heavy atom. The highest BCUT2D eigenvalue weighted by molar-refractivity contribution is 7.47. The van der Waals surface area contributed by atoms with Crippen molar-refractivity contribution in [1.29, 1.82) is 0 Å². The molecule has 4 aliphatic heterocycles. The number of rotatable bonds is 8. The van der Waals surface area contributed by atoms with Crippen LogP contribution in [-0.4, -0.2) is 112 Å². The average molecular weight is 550 g/mol. The number of imide groups is 2. The van der Waals surface area contributed by atoms with Crippen molar-refractivity contribution in [3.05, 3.63) is 0 Å². The predicted molar refractivity (Wildman–Crippen MR) is 119 cm³/mol. The van der Waals surface area contributed by atoms with Gasteiger partial charge in [-0.05, 0) is 0 Å². The van der Waals surface area contributed by atoms with E-state index >= 15 is 0 Å². The first kappa shape index (κ1) is 27.9. The lowest BCUT2D eigenvalue weighted by Gasteiger charge is -2.34. The van der Waals surface area contributed by atoms with Gasteiger partial charge in [-0.25, -0.2) is 14.2 Å². The number of hydrogen-bond donors (Lipinski definition) is 5. The van der Waals surface area contributed by atoms with Crippen molar-refractivity contribution >= 4 is 31.7 Å². The third kappa shape index (κ3) is 6.12. The maximum absolute atomic E-state index is 12.6. The van der Waals surface area contributed by atoms with E-state index in [1.54, 1.807) is 13.8 Å². The number of nitrogens with zero attached hydrogens (tertiary/aromatic N) is 2. The molecule has 6 amide bonds. The first-order chi connectivity index (χ1) is 17.4. The number of phosphoric acid groups is 1.